The molecule has 0 saturated heterocycles. The van der Waals surface area contributed by atoms with Crippen LogP contribution in [-0.4, -0.2) is 27.2 Å². The Hall–Kier alpha value is -2.63. The molecule has 1 aliphatic rings. The van der Waals surface area contributed by atoms with Gasteiger partial charge in [0.05, 0.1) is 6.54 Å². The molecule has 2 aromatic carbocycles. The molecule has 0 amide bonds. The van der Waals surface area contributed by atoms with Crippen molar-refractivity contribution < 1.29 is 26.7 Å². The summed E-state index contributed by atoms with van der Waals surface area (Å²) < 4.78 is 64.4. The first-order valence-corrected chi connectivity index (χ1v) is 10.0. The normalized spacial score (nSPS) is 14.6. The first-order chi connectivity index (χ1) is 13.2. The summed E-state index contributed by atoms with van der Waals surface area (Å²) in [5.41, 5.74) is 0.762. The van der Waals surface area contributed by atoms with Gasteiger partial charge in [0.1, 0.15) is 28.7 Å². The molecule has 2 aromatic rings. The number of fused-ring (bicyclic) bond motifs is 1. The highest BCUT2D eigenvalue weighted by molar-refractivity contribution is 7.89. The Balaban J connectivity index is 1.56. The maximum absolute atomic E-state index is 13.6. The molecule has 148 valence electrons. The summed E-state index contributed by atoms with van der Waals surface area (Å²) in [5, 5.41) is 0. The van der Waals surface area contributed by atoms with Gasteiger partial charge in [-0.1, -0.05) is 24.0 Å². The summed E-state index contributed by atoms with van der Waals surface area (Å²) in [6, 6.07) is 7.84. The van der Waals surface area contributed by atoms with E-state index >= 15 is 0 Å². The van der Waals surface area contributed by atoms with Crippen LogP contribution in [0.15, 0.2) is 41.3 Å². The number of hydrogen-bond acceptors (Lipinski definition) is 4. The highest BCUT2D eigenvalue weighted by Crippen LogP contribution is 2.41. The zero-order valence-corrected chi connectivity index (χ0v) is 16.2. The van der Waals surface area contributed by atoms with Crippen LogP contribution in [0.3, 0.4) is 0 Å². The molecule has 0 aromatic heterocycles. The Labute approximate surface area is 162 Å². The summed E-state index contributed by atoms with van der Waals surface area (Å²) >= 11 is 0. The van der Waals surface area contributed by atoms with E-state index < -0.39 is 26.6 Å². The van der Waals surface area contributed by atoms with E-state index in [0.717, 1.165) is 24.1 Å². The monoisotopic (exact) mass is 407 g/mol. The highest BCUT2D eigenvalue weighted by Gasteiger charge is 2.32. The van der Waals surface area contributed by atoms with Crippen LogP contribution in [0.4, 0.5) is 8.78 Å². The van der Waals surface area contributed by atoms with Crippen LogP contribution in [0, 0.1) is 23.5 Å². The van der Waals surface area contributed by atoms with E-state index in [0.29, 0.717) is 17.6 Å². The second kappa shape index (κ2) is 7.78. The standard InChI is InChI=1S/C20H19F2NO4S/c1-20(2)13-14-6-5-7-17(19(14)27-20)26-11-4-3-10-23-28(24,25)18-12-15(21)8-9-16(18)22/h5-9,12,23H,10-11,13H2,1-2H3. The minimum absolute atomic E-state index is 0.0241. The number of nitrogens with one attached hydrogen (secondary N) is 1. The molecule has 0 aliphatic carbocycles. The van der Waals surface area contributed by atoms with Crippen molar-refractivity contribution in [2.24, 2.45) is 0 Å². The van der Waals surface area contributed by atoms with Crippen LogP contribution in [0.5, 0.6) is 11.5 Å². The third kappa shape index (κ3) is 4.61. The summed E-state index contributed by atoms with van der Waals surface area (Å²) in [6.07, 6.45) is 0.781. The fraction of sp³-hybridized carbons (Fsp3) is 0.300. The molecular formula is C20H19F2NO4S. The van der Waals surface area contributed by atoms with E-state index in [9.17, 15) is 17.2 Å². The molecule has 1 aliphatic heterocycles. The molecule has 0 spiro atoms. The minimum atomic E-state index is -4.20. The Morgan fingerprint density at radius 3 is 2.79 bits per heavy atom. The van der Waals surface area contributed by atoms with Crippen LogP contribution < -0.4 is 14.2 Å². The van der Waals surface area contributed by atoms with E-state index in [1.54, 1.807) is 6.07 Å². The lowest BCUT2D eigenvalue weighted by atomic mass is 10.0. The molecule has 8 heteroatoms. The van der Waals surface area contributed by atoms with Crippen LogP contribution in [-0.2, 0) is 16.4 Å². The van der Waals surface area contributed by atoms with Gasteiger partial charge in [-0.15, -0.1) is 0 Å². The van der Waals surface area contributed by atoms with Gasteiger partial charge in [0.25, 0.3) is 0 Å². The molecule has 1 heterocycles. The fourth-order valence-corrected chi connectivity index (χ4v) is 3.83. The average molecular weight is 407 g/mol. The Bertz CT molecular complexity index is 1060. The molecule has 0 radical (unpaired) electrons. The van der Waals surface area contributed by atoms with Crippen molar-refractivity contribution in [3.8, 4) is 23.3 Å². The highest BCUT2D eigenvalue weighted by atomic mass is 32.2. The van der Waals surface area contributed by atoms with E-state index in [1.165, 1.54) is 0 Å². The molecule has 0 bridgehead atoms. The molecule has 0 atom stereocenters. The van der Waals surface area contributed by atoms with E-state index in [-0.39, 0.29) is 18.8 Å². The van der Waals surface area contributed by atoms with Crippen molar-refractivity contribution in [3.05, 3.63) is 53.6 Å². The van der Waals surface area contributed by atoms with Gasteiger partial charge in [-0.2, -0.15) is 4.72 Å². The van der Waals surface area contributed by atoms with E-state index in [1.807, 2.05) is 26.0 Å². The quantitative estimate of drug-likeness (QED) is 0.774. The van der Waals surface area contributed by atoms with Crippen LogP contribution in [0.1, 0.15) is 19.4 Å². The number of hydrogen-bond donors (Lipinski definition) is 1. The average Bonchev–Trinajstić information content (AvgIpc) is 2.94. The van der Waals surface area contributed by atoms with Gasteiger partial charge in [-0.25, -0.2) is 17.2 Å². The fourth-order valence-electron chi connectivity index (χ4n) is 2.82. The molecular weight excluding hydrogens is 388 g/mol. The van der Waals surface area contributed by atoms with Crippen molar-refractivity contribution >= 4 is 10.0 Å². The van der Waals surface area contributed by atoms with Crippen LogP contribution >= 0.6 is 0 Å². The summed E-state index contributed by atoms with van der Waals surface area (Å²) in [7, 11) is -4.20. The topological polar surface area (TPSA) is 64.6 Å². The lowest BCUT2D eigenvalue weighted by molar-refractivity contribution is 0.133. The SMILES string of the molecule is CC1(C)Cc2cccc(OCC#CCNS(=O)(=O)c3cc(F)ccc3F)c2O1. The van der Waals surface area contributed by atoms with Crippen molar-refractivity contribution in [2.45, 2.75) is 30.8 Å². The van der Waals surface area contributed by atoms with Gasteiger partial charge in [-0.05, 0) is 38.1 Å². The van der Waals surface area contributed by atoms with Gasteiger partial charge < -0.3 is 9.47 Å². The third-order valence-electron chi connectivity index (χ3n) is 4.01. The Morgan fingerprint density at radius 1 is 1.21 bits per heavy atom. The van der Waals surface area contributed by atoms with Gasteiger partial charge in [0, 0.05) is 12.0 Å². The molecule has 0 unspecified atom stereocenters. The first kappa shape index (κ1) is 20.1. The van der Waals surface area contributed by atoms with Gasteiger partial charge in [0.15, 0.2) is 11.5 Å². The summed E-state index contributed by atoms with van der Waals surface area (Å²) in [4.78, 5) is -0.759. The molecule has 1 N–H and O–H groups in total. The summed E-state index contributed by atoms with van der Waals surface area (Å²) in [6.45, 7) is 3.74. The number of halogens is 2. The molecule has 0 saturated carbocycles. The maximum Gasteiger partial charge on any atom is 0.244 e. The Morgan fingerprint density at radius 2 is 2.00 bits per heavy atom. The van der Waals surface area contributed by atoms with E-state index in [2.05, 4.69) is 16.6 Å². The number of rotatable bonds is 5. The van der Waals surface area contributed by atoms with Crippen LogP contribution in [0.25, 0.3) is 0 Å². The lowest BCUT2D eigenvalue weighted by Gasteiger charge is -2.17. The van der Waals surface area contributed by atoms with Gasteiger partial charge in [0.2, 0.25) is 10.0 Å². The number of ether oxygens (including phenoxy) is 2. The summed E-state index contributed by atoms with van der Waals surface area (Å²) in [5.74, 6) is 4.63. The van der Waals surface area contributed by atoms with E-state index in [4.69, 9.17) is 9.47 Å². The second-order valence-electron chi connectivity index (χ2n) is 6.82. The molecule has 3 rings (SSSR count). The van der Waals surface area contributed by atoms with Gasteiger partial charge in [-0.3, -0.25) is 0 Å². The first-order valence-electron chi connectivity index (χ1n) is 8.52. The smallest absolute Gasteiger partial charge is 0.244 e. The number of para-hydroxylation sites is 1. The predicted octanol–water partition coefficient (Wildman–Crippen LogP) is 3.04. The van der Waals surface area contributed by atoms with Crippen molar-refractivity contribution in [1.82, 2.24) is 4.72 Å². The minimum Gasteiger partial charge on any atom is -0.483 e. The second-order valence-corrected chi connectivity index (χ2v) is 8.56. The van der Waals surface area contributed by atoms with Crippen molar-refractivity contribution in [2.75, 3.05) is 13.2 Å². The lowest BCUT2D eigenvalue weighted by Crippen LogP contribution is -2.25. The molecule has 5 nitrogen and oxygen atoms in total. The predicted molar refractivity (Wildman–Crippen MR) is 99.7 cm³/mol. The molecule has 0 fully saturated rings. The number of sulfonamides is 1. The van der Waals surface area contributed by atoms with Crippen molar-refractivity contribution in [1.29, 1.82) is 0 Å². The van der Waals surface area contributed by atoms with Gasteiger partial charge >= 0.3 is 0 Å². The largest absolute Gasteiger partial charge is 0.483 e. The zero-order chi connectivity index (χ0) is 20.4. The number of benzene rings is 2. The maximum atomic E-state index is 13.6. The van der Waals surface area contributed by atoms with Crippen LogP contribution in [0.2, 0.25) is 0 Å². The molecule has 28 heavy (non-hydrogen) atoms. The zero-order valence-electron chi connectivity index (χ0n) is 15.4. The third-order valence-corrected chi connectivity index (χ3v) is 5.43. The van der Waals surface area contributed by atoms with Crippen molar-refractivity contribution in [3.63, 3.8) is 0 Å². The Kier molecular flexibility index (Phi) is 5.59.